The topological polar surface area (TPSA) is 82.8 Å². The number of benzene rings is 1. The van der Waals surface area contributed by atoms with E-state index in [1.807, 2.05) is 44.3 Å². The number of aromatic nitrogens is 3. The SMILES string of the molecule is CC1(C)C2C(=O)N(Cc3cc4c(-c5cc(Cl)ccc5N5CCNCC5)ncnn4c3)C(=O)C21. The number of likely N-dealkylation sites (tertiary alicyclic amines) is 1. The molecule has 2 aromatic heterocycles. The Kier molecular flexibility index (Phi) is 4.54. The third-order valence-electron chi connectivity index (χ3n) is 7.37. The lowest BCUT2D eigenvalue weighted by Gasteiger charge is -2.31. The number of fused-ring (bicyclic) bond motifs is 2. The molecule has 1 aromatic carbocycles. The zero-order valence-corrected chi connectivity index (χ0v) is 19.3. The van der Waals surface area contributed by atoms with E-state index >= 15 is 0 Å². The number of nitrogens with one attached hydrogen (secondary N) is 1. The van der Waals surface area contributed by atoms with E-state index in [4.69, 9.17) is 11.6 Å². The molecule has 3 aliphatic rings. The Morgan fingerprint density at radius 3 is 2.58 bits per heavy atom. The van der Waals surface area contributed by atoms with Crippen molar-refractivity contribution in [3.8, 4) is 11.3 Å². The third-order valence-corrected chi connectivity index (χ3v) is 7.60. The van der Waals surface area contributed by atoms with Crippen LogP contribution in [0, 0.1) is 17.3 Å². The van der Waals surface area contributed by atoms with Crippen molar-refractivity contribution < 1.29 is 9.59 Å². The zero-order chi connectivity index (χ0) is 22.9. The number of carbonyl (C=O) groups is 2. The molecule has 1 saturated carbocycles. The largest absolute Gasteiger partial charge is 0.368 e. The number of anilines is 1. The van der Waals surface area contributed by atoms with Crippen LogP contribution in [-0.4, -0.2) is 57.5 Å². The number of amides is 2. The van der Waals surface area contributed by atoms with E-state index in [0.29, 0.717) is 5.02 Å². The first kappa shape index (κ1) is 20.6. The molecule has 4 heterocycles. The van der Waals surface area contributed by atoms with Gasteiger partial charge in [0.15, 0.2) is 0 Å². The van der Waals surface area contributed by atoms with Gasteiger partial charge in [-0.05, 0) is 35.2 Å². The Morgan fingerprint density at radius 1 is 1.12 bits per heavy atom. The van der Waals surface area contributed by atoms with Gasteiger partial charge in [0.05, 0.1) is 29.6 Å². The molecule has 0 bridgehead atoms. The molecular formula is C24H25ClN6O2. The molecule has 3 fully saturated rings. The molecule has 3 aromatic rings. The number of nitrogens with zero attached hydrogens (tertiary/aromatic N) is 5. The highest BCUT2D eigenvalue weighted by Crippen LogP contribution is 2.63. The molecule has 2 unspecified atom stereocenters. The lowest BCUT2D eigenvalue weighted by atomic mass is 10.1. The molecule has 0 radical (unpaired) electrons. The van der Waals surface area contributed by atoms with Crippen LogP contribution in [0.3, 0.4) is 0 Å². The number of imide groups is 1. The van der Waals surface area contributed by atoms with Crippen molar-refractivity contribution >= 4 is 34.6 Å². The van der Waals surface area contributed by atoms with Gasteiger partial charge in [-0.1, -0.05) is 25.4 Å². The van der Waals surface area contributed by atoms with E-state index in [1.54, 1.807) is 4.52 Å². The first-order valence-corrected chi connectivity index (χ1v) is 11.7. The van der Waals surface area contributed by atoms with Crippen LogP contribution in [0.2, 0.25) is 5.02 Å². The average molecular weight is 465 g/mol. The summed E-state index contributed by atoms with van der Waals surface area (Å²) in [6, 6.07) is 7.85. The minimum absolute atomic E-state index is 0.0626. The second-order valence-corrected chi connectivity index (χ2v) is 10.2. The summed E-state index contributed by atoms with van der Waals surface area (Å²) < 4.78 is 1.76. The second kappa shape index (κ2) is 7.27. The molecule has 2 amide bonds. The van der Waals surface area contributed by atoms with Gasteiger partial charge in [-0.15, -0.1) is 0 Å². The maximum absolute atomic E-state index is 12.8. The summed E-state index contributed by atoms with van der Waals surface area (Å²) in [4.78, 5) is 33.9. The molecule has 9 heteroatoms. The van der Waals surface area contributed by atoms with Gasteiger partial charge < -0.3 is 10.2 Å². The summed E-state index contributed by atoms with van der Waals surface area (Å²) in [6.45, 7) is 7.89. The molecule has 2 saturated heterocycles. The average Bonchev–Trinajstić information content (AvgIpc) is 3.05. The predicted octanol–water partition coefficient (Wildman–Crippen LogP) is 2.60. The van der Waals surface area contributed by atoms with Gasteiger partial charge in [-0.2, -0.15) is 5.10 Å². The molecule has 8 nitrogen and oxygen atoms in total. The summed E-state index contributed by atoms with van der Waals surface area (Å²) in [5, 5.41) is 8.40. The molecule has 1 aliphatic carbocycles. The van der Waals surface area contributed by atoms with E-state index in [1.165, 1.54) is 11.2 Å². The van der Waals surface area contributed by atoms with Crippen LogP contribution in [0.15, 0.2) is 36.8 Å². The second-order valence-electron chi connectivity index (χ2n) is 9.72. The molecular weight excluding hydrogens is 440 g/mol. The van der Waals surface area contributed by atoms with E-state index in [0.717, 1.165) is 54.2 Å². The van der Waals surface area contributed by atoms with Crippen molar-refractivity contribution in [2.45, 2.75) is 20.4 Å². The minimum atomic E-state index is -0.207. The van der Waals surface area contributed by atoms with Crippen molar-refractivity contribution in [1.29, 1.82) is 0 Å². The fourth-order valence-corrected chi connectivity index (χ4v) is 5.67. The number of hydrogen-bond donors (Lipinski definition) is 1. The van der Waals surface area contributed by atoms with Crippen molar-refractivity contribution in [3.63, 3.8) is 0 Å². The van der Waals surface area contributed by atoms with E-state index in [9.17, 15) is 9.59 Å². The van der Waals surface area contributed by atoms with E-state index in [-0.39, 0.29) is 35.6 Å². The van der Waals surface area contributed by atoms with Gasteiger partial charge in [0, 0.05) is 48.6 Å². The van der Waals surface area contributed by atoms with Gasteiger partial charge in [0.25, 0.3) is 0 Å². The Hall–Kier alpha value is -2.97. The number of piperidine rings is 1. The van der Waals surface area contributed by atoms with Crippen molar-refractivity contribution in [2.24, 2.45) is 17.3 Å². The first-order valence-electron chi connectivity index (χ1n) is 11.3. The van der Waals surface area contributed by atoms with Crippen molar-refractivity contribution in [1.82, 2.24) is 24.8 Å². The van der Waals surface area contributed by atoms with Crippen LogP contribution in [0.4, 0.5) is 5.69 Å². The number of piperazine rings is 1. The lowest BCUT2D eigenvalue weighted by Crippen LogP contribution is -2.43. The quantitative estimate of drug-likeness (QED) is 0.598. The molecule has 2 aliphatic heterocycles. The van der Waals surface area contributed by atoms with Gasteiger partial charge in [0.2, 0.25) is 11.8 Å². The van der Waals surface area contributed by atoms with Gasteiger partial charge in [-0.25, -0.2) is 9.50 Å². The maximum Gasteiger partial charge on any atom is 0.233 e. The van der Waals surface area contributed by atoms with E-state index < -0.39 is 0 Å². The summed E-state index contributed by atoms with van der Waals surface area (Å²) in [5.74, 6) is -0.476. The number of carbonyl (C=O) groups excluding carboxylic acids is 2. The highest BCUT2D eigenvalue weighted by molar-refractivity contribution is 6.31. The Bertz CT molecular complexity index is 1270. The monoisotopic (exact) mass is 464 g/mol. The number of hydrogen-bond acceptors (Lipinski definition) is 6. The van der Waals surface area contributed by atoms with Crippen LogP contribution in [0.1, 0.15) is 19.4 Å². The van der Waals surface area contributed by atoms with Gasteiger partial charge in [-0.3, -0.25) is 14.5 Å². The molecule has 6 rings (SSSR count). The predicted molar refractivity (Wildman–Crippen MR) is 125 cm³/mol. The molecule has 33 heavy (non-hydrogen) atoms. The highest BCUT2D eigenvalue weighted by atomic mass is 35.5. The van der Waals surface area contributed by atoms with Crippen molar-refractivity contribution in [3.05, 3.63) is 47.4 Å². The van der Waals surface area contributed by atoms with Crippen LogP contribution in [0.5, 0.6) is 0 Å². The normalized spacial score (nSPS) is 24.0. The van der Waals surface area contributed by atoms with Crippen LogP contribution in [-0.2, 0) is 16.1 Å². The Balaban J connectivity index is 1.36. The van der Waals surface area contributed by atoms with Gasteiger partial charge >= 0.3 is 0 Å². The Labute approximate surface area is 196 Å². The number of rotatable bonds is 4. The maximum atomic E-state index is 12.8. The summed E-state index contributed by atoms with van der Waals surface area (Å²) in [6.07, 6.45) is 3.39. The summed E-state index contributed by atoms with van der Waals surface area (Å²) in [5.41, 5.74) is 4.26. The molecule has 1 N–H and O–H groups in total. The van der Waals surface area contributed by atoms with Crippen LogP contribution in [0.25, 0.3) is 16.8 Å². The van der Waals surface area contributed by atoms with E-state index in [2.05, 4.69) is 20.3 Å². The number of halogens is 1. The first-order chi connectivity index (χ1) is 15.9. The van der Waals surface area contributed by atoms with Gasteiger partial charge in [0.1, 0.15) is 6.33 Å². The van der Waals surface area contributed by atoms with Crippen LogP contribution >= 0.6 is 11.6 Å². The molecule has 2 atom stereocenters. The minimum Gasteiger partial charge on any atom is -0.368 e. The lowest BCUT2D eigenvalue weighted by molar-refractivity contribution is -0.143. The fraction of sp³-hybridized carbons (Fsp3) is 0.417. The van der Waals surface area contributed by atoms with Crippen LogP contribution < -0.4 is 10.2 Å². The Morgan fingerprint density at radius 2 is 1.85 bits per heavy atom. The fourth-order valence-electron chi connectivity index (χ4n) is 5.50. The third kappa shape index (κ3) is 3.15. The summed E-state index contributed by atoms with van der Waals surface area (Å²) >= 11 is 6.39. The zero-order valence-electron chi connectivity index (χ0n) is 18.6. The molecule has 170 valence electrons. The summed E-state index contributed by atoms with van der Waals surface area (Å²) in [7, 11) is 0. The smallest absolute Gasteiger partial charge is 0.233 e. The molecule has 0 spiro atoms. The standard InChI is InChI=1S/C24H25ClN6O2/c1-24(2)19-20(24)23(33)30(22(19)32)11-14-9-18-21(27-13-28-31(18)12-14)16-10-15(25)3-4-17(16)29-7-5-26-6-8-29/h3-4,9-10,12-13,19-20,26H,5-8,11H2,1-2H3. The highest BCUT2D eigenvalue weighted by Gasteiger charge is 2.72. The van der Waals surface area contributed by atoms with Crippen molar-refractivity contribution in [2.75, 3.05) is 31.1 Å².